The van der Waals surface area contributed by atoms with Crippen LogP contribution in [-0.2, 0) is 11.0 Å². The van der Waals surface area contributed by atoms with Gasteiger partial charge in [-0.05, 0) is 34.1 Å². The molecule has 1 aromatic carbocycles. The third kappa shape index (κ3) is 5.18. The predicted molar refractivity (Wildman–Crippen MR) is 92.1 cm³/mol. The lowest BCUT2D eigenvalue weighted by Gasteiger charge is -2.11. The Morgan fingerprint density at radius 2 is 1.96 bits per heavy atom. The van der Waals surface area contributed by atoms with E-state index in [0.29, 0.717) is 10.5 Å². The Bertz CT molecular complexity index is 894. The number of aromatic nitrogens is 2. The molecule has 26 heavy (non-hydrogen) atoms. The van der Waals surface area contributed by atoms with Crippen LogP contribution < -0.4 is 10.6 Å². The van der Waals surface area contributed by atoms with Crippen molar-refractivity contribution >= 4 is 45.1 Å². The van der Waals surface area contributed by atoms with Crippen LogP contribution in [0.1, 0.15) is 5.56 Å². The van der Waals surface area contributed by atoms with Crippen LogP contribution in [0.4, 0.5) is 24.8 Å². The molecule has 0 fully saturated rings. The summed E-state index contributed by atoms with van der Waals surface area (Å²) in [5.41, 5.74) is -1.64. The van der Waals surface area contributed by atoms with Crippen LogP contribution in [0.3, 0.4) is 0 Å². The van der Waals surface area contributed by atoms with Crippen LogP contribution in [0.25, 0.3) is 0 Å². The number of halogens is 5. The monoisotopic (exact) mass is 445 g/mol. The summed E-state index contributed by atoms with van der Waals surface area (Å²) in [7, 11) is 0. The minimum absolute atomic E-state index is 0.125. The van der Waals surface area contributed by atoms with Crippen molar-refractivity contribution in [3.63, 3.8) is 0 Å². The van der Waals surface area contributed by atoms with Crippen molar-refractivity contribution in [1.29, 1.82) is 5.26 Å². The third-order valence-corrected chi connectivity index (χ3v) is 3.60. The maximum Gasteiger partial charge on any atom is 0.417 e. The van der Waals surface area contributed by atoms with Crippen molar-refractivity contribution in [3.8, 4) is 6.07 Å². The predicted octanol–water partition coefficient (Wildman–Crippen LogP) is 4.37. The number of alkyl halides is 3. The fourth-order valence-electron chi connectivity index (χ4n) is 1.69. The summed E-state index contributed by atoms with van der Waals surface area (Å²) in [5.74, 6) is -0.785. The first kappa shape index (κ1) is 19.7. The Kier molecular flexibility index (Phi) is 6.18. The van der Waals surface area contributed by atoms with Gasteiger partial charge in [-0.2, -0.15) is 18.4 Å². The molecule has 0 atom stereocenters. The van der Waals surface area contributed by atoms with Crippen molar-refractivity contribution in [1.82, 2.24) is 9.97 Å². The van der Waals surface area contributed by atoms with Gasteiger partial charge in [0.15, 0.2) is 0 Å². The zero-order chi connectivity index (χ0) is 19.3. The minimum atomic E-state index is -4.67. The van der Waals surface area contributed by atoms with E-state index in [-0.39, 0.29) is 17.2 Å². The van der Waals surface area contributed by atoms with Gasteiger partial charge in [0.2, 0.25) is 5.95 Å². The molecule has 0 aliphatic rings. The standard InChI is InChI=1S/C15H8BrClF3N5O/c16-9-6-23-14(24-7-9)22-5-8(4-21)13(26)25-10-1-2-12(17)11(3-10)15(18,19)20/h1-3,5-7H,(H,25,26)(H,22,23,24)/b8-5-. The molecule has 0 saturated heterocycles. The van der Waals surface area contributed by atoms with E-state index in [2.05, 4.69) is 36.5 Å². The van der Waals surface area contributed by atoms with Crippen molar-refractivity contribution in [2.75, 3.05) is 10.6 Å². The Morgan fingerprint density at radius 1 is 1.31 bits per heavy atom. The average Bonchev–Trinajstić information content (AvgIpc) is 2.58. The van der Waals surface area contributed by atoms with E-state index in [0.717, 1.165) is 12.3 Å². The highest BCUT2D eigenvalue weighted by molar-refractivity contribution is 9.10. The molecule has 0 saturated carbocycles. The quantitative estimate of drug-likeness (QED) is 0.538. The second-order valence-corrected chi connectivity index (χ2v) is 6.01. The average molecular weight is 447 g/mol. The lowest BCUT2D eigenvalue weighted by molar-refractivity contribution is -0.137. The van der Waals surface area contributed by atoms with Gasteiger partial charge in [0.1, 0.15) is 11.6 Å². The topological polar surface area (TPSA) is 90.7 Å². The molecule has 2 aromatic rings. The smallest absolute Gasteiger partial charge is 0.329 e. The zero-order valence-corrected chi connectivity index (χ0v) is 14.9. The normalized spacial score (nSPS) is 11.6. The van der Waals surface area contributed by atoms with Gasteiger partial charge in [-0.1, -0.05) is 11.6 Å². The molecule has 2 N–H and O–H groups in total. The maximum atomic E-state index is 12.8. The van der Waals surface area contributed by atoms with Gasteiger partial charge in [-0.3, -0.25) is 4.79 Å². The van der Waals surface area contributed by atoms with Crippen molar-refractivity contribution in [2.45, 2.75) is 6.18 Å². The van der Waals surface area contributed by atoms with Gasteiger partial charge in [0.05, 0.1) is 15.1 Å². The number of benzene rings is 1. The second kappa shape index (κ2) is 8.16. The van der Waals surface area contributed by atoms with Gasteiger partial charge in [-0.25, -0.2) is 9.97 Å². The number of carbonyl (C=O) groups excluding carboxylic acids is 1. The van der Waals surface area contributed by atoms with Crippen LogP contribution >= 0.6 is 27.5 Å². The molecule has 11 heteroatoms. The Hall–Kier alpha value is -2.64. The second-order valence-electron chi connectivity index (χ2n) is 4.69. The molecule has 134 valence electrons. The number of rotatable bonds is 4. The Labute approximate surface area is 158 Å². The fraction of sp³-hybridized carbons (Fsp3) is 0.0667. The molecule has 1 amide bonds. The van der Waals surface area contributed by atoms with E-state index in [1.54, 1.807) is 6.07 Å². The molecule has 0 aliphatic carbocycles. The molecule has 0 unspecified atom stereocenters. The van der Waals surface area contributed by atoms with Gasteiger partial charge in [-0.15, -0.1) is 0 Å². The van der Waals surface area contributed by atoms with E-state index < -0.39 is 22.7 Å². The van der Waals surface area contributed by atoms with Gasteiger partial charge < -0.3 is 10.6 Å². The summed E-state index contributed by atoms with van der Waals surface area (Å²) in [4.78, 5) is 19.8. The van der Waals surface area contributed by atoms with Gasteiger partial charge in [0, 0.05) is 24.3 Å². The molecule has 0 radical (unpaired) electrons. The SMILES string of the molecule is N#C/C(=C/Nc1ncc(Br)cn1)C(=O)Nc1ccc(Cl)c(C(F)(F)F)c1. The van der Waals surface area contributed by atoms with E-state index in [1.807, 2.05) is 0 Å². The molecule has 0 aliphatic heterocycles. The highest BCUT2D eigenvalue weighted by Gasteiger charge is 2.33. The van der Waals surface area contributed by atoms with Gasteiger partial charge >= 0.3 is 6.18 Å². The van der Waals surface area contributed by atoms with Gasteiger partial charge in [0.25, 0.3) is 5.91 Å². The minimum Gasteiger partial charge on any atom is -0.329 e. The third-order valence-electron chi connectivity index (χ3n) is 2.86. The lowest BCUT2D eigenvalue weighted by Crippen LogP contribution is -2.16. The molecular weight excluding hydrogens is 439 g/mol. The van der Waals surface area contributed by atoms with Crippen molar-refractivity contribution in [3.05, 3.63) is 57.4 Å². The van der Waals surface area contributed by atoms with E-state index in [1.165, 1.54) is 18.5 Å². The maximum absolute atomic E-state index is 12.8. The number of hydrogen-bond donors (Lipinski definition) is 2. The number of amides is 1. The molecule has 0 bridgehead atoms. The Balaban J connectivity index is 2.15. The fourth-order valence-corrected chi connectivity index (χ4v) is 2.12. The number of nitrogens with zero attached hydrogens (tertiary/aromatic N) is 3. The molecule has 1 heterocycles. The summed E-state index contributed by atoms with van der Waals surface area (Å²) in [6.07, 6.45) is -0.741. The Morgan fingerprint density at radius 3 is 2.54 bits per heavy atom. The zero-order valence-electron chi connectivity index (χ0n) is 12.6. The first-order chi connectivity index (χ1) is 12.2. The van der Waals surface area contributed by atoms with Crippen LogP contribution in [-0.4, -0.2) is 15.9 Å². The first-order valence-corrected chi connectivity index (χ1v) is 7.90. The molecule has 6 nitrogen and oxygen atoms in total. The van der Waals surface area contributed by atoms with E-state index in [9.17, 15) is 18.0 Å². The highest BCUT2D eigenvalue weighted by atomic mass is 79.9. The number of nitriles is 1. The lowest BCUT2D eigenvalue weighted by atomic mass is 10.2. The molecule has 0 spiro atoms. The first-order valence-electron chi connectivity index (χ1n) is 6.73. The molecule has 1 aromatic heterocycles. The highest BCUT2D eigenvalue weighted by Crippen LogP contribution is 2.36. The van der Waals surface area contributed by atoms with Crippen molar-refractivity contribution < 1.29 is 18.0 Å². The van der Waals surface area contributed by atoms with Crippen molar-refractivity contribution in [2.24, 2.45) is 0 Å². The molecule has 2 rings (SSSR count). The van der Waals surface area contributed by atoms with E-state index >= 15 is 0 Å². The summed E-state index contributed by atoms with van der Waals surface area (Å²) >= 11 is 8.66. The summed E-state index contributed by atoms with van der Waals surface area (Å²) in [6, 6.07) is 4.51. The number of nitrogens with one attached hydrogen (secondary N) is 2. The van der Waals surface area contributed by atoms with Crippen LogP contribution in [0, 0.1) is 11.3 Å². The van der Waals surface area contributed by atoms with E-state index in [4.69, 9.17) is 16.9 Å². The summed E-state index contributed by atoms with van der Waals surface area (Å²) in [5, 5.41) is 13.3. The number of anilines is 2. The summed E-state index contributed by atoms with van der Waals surface area (Å²) in [6.45, 7) is 0. The number of carbonyl (C=O) groups is 1. The van der Waals surface area contributed by atoms with Crippen LogP contribution in [0.2, 0.25) is 5.02 Å². The van der Waals surface area contributed by atoms with Crippen LogP contribution in [0.5, 0.6) is 0 Å². The summed E-state index contributed by atoms with van der Waals surface area (Å²) < 4.78 is 39.2. The molecular formula is C15H8BrClF3N5O. The largest absolute Gasteiger partial charge is 0.417 e. The number of hydrogen-bond acceptors (Lipinski definition) is 5. The van der Waals surface area contributed by atoms with Crippen LogP contribution in [0.15, 0.2) is 46.8 Å².